The van der Waals surface area contributed by atoms with E-state index in [-0.39, 0.29) is 12.0 Å². The number of carbonyl (C=O) groups excluding carboxylic acids is 1. The first kappa shape index (κ1) is 18.3. The molecule has 0 radical (unpaired) electrons. The summed E-state index contributed by atoms with van der Waals surface area (Å²) < 4.78 is 11.0. The molecular formula is C17H21Cl2NO3. The van der Waals surface area contributed by atoms with E-state index < -0.39 is 0 Å². The van der Waals surface area contributed by atoms with Gasteiger partial charge in [0.25, 0.3) is 0 Å². The maximum absolute atomic E-state index is 11.7. The first-order valence-electron chi connectivity index (χ1n) is 7.75. The molecule has 0 spiro atoms. The fourth-order valence-corrected chi connectivity index (χ4v) is 2.60. The average molecular weight is 358 g/mol. The number of carbonyl (C=O) groups is 1. The SMILES string of the molecule is O=C(/C=C/c1cc(Cl)ccc1Cl)NCCCOCC1CCCO1. The van der Waals surface area contributed by atoms with Gasteiger partial charge >= 0.3 is 0 Å². The number of hydrogen-bond acceptors (Lipinski definition) is 3. The molecule has 0 aromatic heterocycles. The van der Waals surface area contributed by atoms with Gasteiger partial charge in [-0.05, 0) is 49.1 Å². The van der Waals surface area contributed by atoms with E-state index in [4.69, 9.17) is 32.7 Å². The second kappa shape index (κ2) is 9.93. The van der Waals surface area contributed by atoms with E-state index in [9.17, 15) is 4.79 Å². The van der Waals surface area contributed by atoms with Crippen molar-refractivity contribution in [3.05, 3.63) is 39.9 Å². The lowest BCUT2D eigenvalue weighted by molar-refractivity contribution is -0.116. The fourth-order valence-electron chi connectivity index (χ4n) is 2.24. The summed E-state index contributed by atoms with van der Waals surface area (Å²) in [4.78, 5) is 11.7. The van der Waals surface area contributed by atoms with Crippen LogP contribution in [0.1, 0.15) is 24.8 Å². The molecule has 126 valence electrons. The van der Waals surface area contributed by atoms with Crippen LogP contribution < -0.4 is 5.32 Å². The average Bonchev–Trinajstić information content (AvgIpc) is 3.05. The third kappa shape index (κ3) is 6.92. The smallest absolute Gasteiger partial charge is 0.244 e. The number of amides is 1. The van der Waals surface area contributed by atoms with E-state index in [0.717, 1.165) is 25.9 Å². The largest absolute Gasteiger partial charge is 0.379 e. The Kier molecular flexibility index (Phi) is 7.89. The van der Waals surface area contributed by atoms with Crippen molar-refractivity contribution in [1.29, 1.82) is 0 Å². The molecule has 1 unspecified atom stereocenters. The van der Waals surface area contributed by atoms with Gasteiger partial charge in [-0.25, -0.2) is 0 Å². The summed E-state index contributed by atoms with van der Waals surface area (Å²) in [5.74, 6) is -0.167. The first-order valence-corrected chi connectivity index (χ1v) is 8.51. The standard InChI is InChI=1S/C17H21Cl2NO3/c18-14-5-6-16(19)13(11-14)4-7-17(21)20-8-2-9-22-12-15-3-1-10-23-15/h4-7,11,15H,1-3,8-10,12H2,(H,20,21)/b7-4+. The second-order valence-corrected chi connectivity index (χ2v) is 6.20. The Bertz CT molecular complexity index is 543. The summed E-state index contributed by atoms with van der Waals surface area (Å²) in [6.07, 6.45) is 6.31. The van der Waals surface area contributed by atoms with Crippen molar-refractivity contribution in [2.24, 2.45) is 0 Å². The Morgan fingerprint density at radius 2 is 2.30 bits per heavy atom. The van der Waals surface area contributed by atoms with E-state index in [1.807, 2.05) is 0 Å². The van der Waals surface area contributed by atoms with Gasteiger partial charge < -0.3 is 14.8 Å². The lowest BCUT2D eigenvalue weighted by atomic mass is 10.2. The molecule has 1 aromatic rings. The molecule has 1 saturated heterocycles. The highest BCUT2D eigenvalue weighted by molar-refractivity contribution is 6.34. The van der Waals surface area contributed by atoms with E-state index >= 15 is 0 Å². The zero-order valence-corrected chi connectivity index (χ0v) is 14.4. The van der Waals surface area contributed by atoms with Crippen LogP contribution >= 0.6 is 23.2 Å². The molecule has 0 aliphatic carbocycles. The lowest BCUT2D eigenvalue weighted by Gasteiger charge is -2.09. The van der Waals surface area contributed by atoms with E-state index in [1.165, 1.54) is 6.08 Å². The molecule has 0 saturated carbocycles. The molecule has 1 amide bonds. The Hall–Kier alpha value is -1.07. The highest BCUT2D eigenvalue weighted by atomic mass is 35.5. The Morgan fingerprint density at radius 3 is 3.09 bits per heavy atom. The number of rotatable bonds is 8. The van der Waals surface area contributed by atoms with Crippen molar-refractivity contribution < 1.29 is 14.3 Å². The third-order valence-corrected chi connectivity index (χ3v) is 4.04. The molecule has 1 aromatic carbocycles. The Labute approximate surface area is 146 Å². The predicted octanol–water partition coefficient (Wildman–Crippen LogP) is 3.71. The molecule has 0 bridgehead atoms. The highest BCUT2D eigenvalue weighted by Crippen LogP contribution is 2.21. The minimum absolute atomic E-state index is 0.167. The maximum Gasteiger partial charge on any atom is 0.244 e. The minimum Gasteiger partial charge on any atom is -0.379 e. The van der Waals surface area contributed by atoms with Gasteiger partial charge in [-0.15, -0.1) is 0 Å². The van der Waals surface area contributed by atoms with E-state index in [2.05, 4.69) is 5.32 Å². The summed E-state index contributed by atoms with van der Waals surface area (Å²) in [5.41, 5.74) is 0.717. The molecule has 6 heteroatoms. The molecule has 1 heterocycles. The number of halogens is 2. The summed E-state index contributed by atoms with van der Waals surface area (Å²) >= 11 is 11.9. The Balaban J connectivity index is 1.59. The molecule has 2 rings (SSSR count). The van der Waals surface area contributed by atoms with Gasteiger partial charge in [0.1, 0.15) is 0 Å². The van der Waals surface area contributed by atoms with Crippen molar-refractivity contribution in [3.8, 4) is 0 Å². The van der Waals surface area contributed by atoms with E-state index in [0.29, 0.717) is 35.4 Å². The van der Waals surface area contributed by atoms with Crippen LogP contribution in [-0.2, 0) is 14.3 Å². The number of hydrogen-bond donors (Lipinski definition) is 1. The highest BCUT2D eigenvalue weighted by Gasteiger charge is 2.14. The molecule has 1 aliphatic heterocycles. The van der Waals surface area contributed by atoms with Gasteiger partial charge in [0, 0.05) is 35.9 Å². The Morgan fingerprint density at radius 1 is 1.43 bits per heavy atom. The number of nitrogens with one attached hydrogen (secondary N) is 1. The summed E-state index contributed by atoms with van der Waals surface area (Å²) in [6.45, 7) is 2.66. The predicted molar refractivity (Wildman–Crippen MR) is 92.9 cm³/mol. The van der Waals surface area contributed by atoms with Gasteiger partial charge in [0.15, 0.2) is 0 Å². The van der Waals surface area contributed by atoms with Crippen molar-refractivity contribution >= 4 is 35.2 Å². The summed E-state index contributed by atoms with van der Waals surface area (Å²) in [7, 11) is 0. The van der Waals surface area contributed by atoms with Crippen molar-refractivity contribution in [3.63, 3.8) is 0 Å². The van der Waals surface area contributed by atoms with Gasteiger partial charge in [-0.3, -0.25) is 4.79 Å². The number of ether oxygens (including phenoxy) is 2. The number of benzene rings is 1. The lowest BCUT2D eigenvalue weighted by Crippen LogP contribution is -2.23. The van der Waals surface area contributed by atoms with Crippen LogP contribution in [0.25, 0.3) is 6.08 Å². The van der Waals surface area contributed by atoms with Gasteiger partial charge in [0.05, 0.1) is 12.7 Å². The van der Waals surface area contributed by atoms with Gasteiger partial charge in [-0.2, -0.15) is 0 Å². The summed E-state index contributed by atoms with van der Waals surface area (Å²) in [5, 5.41) is 3.94. The van der Waals surface area contributed by atoms with Crippen LogP contribution in [0.3, 0.4) is 0 Å². The fraction of sp³-hybridized carbons (Fsp3) is 0.471. The summed E-state index contributed by atoms with van der Waals surface area (Å²) in [6, 6.07) is 5.12. The molecule has 1 N–H and O–H groups in total. The normalized spacial score (nSPS) is 17.7. The molecule has 23 heavy (non-hydrogen) atoms. The molecule has 1 aliphatic rings. The molecule has 4 nitrogen and oxygen atoms in total. The second-order valence-electron chi connectivity index (χ2n) is 5.35. The van der Waals surface area contributed by atoms with Crippen LogP contribution in [0.5, 0.6) is 0 Å². The molecule has 1 fully saturated rings. The molecule has 1 atom stereocenters. The maximum atomic E-state index is 11.7. The topological polar surface area (TPSA) is 47.6 Å². The molecular weight excluding hydrogens is 337 g/mol. The van der Waals surface area contributed by atoms with Gasteiger partial charge in [-0.1, -0.05) is 23.2 Å². The van der Waals surface area contributed by atoms with Crippen LogP contribution in [0.15, 0.2) is 24.3 Å². The zero-order valence-electron chi connectivity index (χ0n) is 12.9. The van der Waals surface area contributed by atoms with Gasteiger partial charge in [0.2, 0.25) is 5.91 Å². The van der Waals surface area contributed by atoms with Crippen LogP contribution in [0.2, 0.25) is 10.0 Å². The van der Waals surface area contributed by atoms with E-state index in [1.54, 1.807) is 24.3 Å². The van der Waals surface area contributed by atoms with Crippen LogP contribution in [0.4, 0.5) is 0 Å². The minimum atomic E-state index is -0.167. The van der Waals surface area contributed by atoms with Crippen molar-refractivity contribution in [1.82, 2.24) is 5.32 Å². The third-order valence-electron chi connectivity index (χ3n) is 3.46. The quantitative estimate of drug-likeness (QED) is 0.569. The van der Waals surface area contributed by atoms with Crippen molar-refractivity contribution in [2.75, 3.05) is 26.4 Å². The first-order chi connectivity index (χ1) is 11.1. The van der Waals surface area contributed by atoms with Crippen LogP contribution in [0, 0.1) is 0 Å². The monoisotopic (exact) mass is 357 g/mol. The van der Waals surface area contributed by atoms with Crippen molar-refractivity contribution in [2.45, 2.75) is 25.4 Å². The van der Waals surface area contributed by atoms with Crippen LogP contribution in [-0.4, -0.2) is 38.4 Å². The zero-order chi connectivity index (χ0) is 16.5.